The van der Waals surface area contributed by atoms with Crippen molar-refractivity contribution < 1.29 is 23.1 Å². The van der Waals surface area contributed by atoms with Crippen molar-refractivity contribution in [2.24, 2.45) is 0 Å². The van der Waals surface area contributed by atoms with Gasteiger partial charge in [0.2, 0.25) is 0 Å². The first-order valence-electron chi connectivity index (χ1n) is 5.13. The standard InChI is InChI=1S/C11H9ClF3NO2/c12-9-2-6(1-8(3-9)11(13,14)15)7-4-16(5-7)10(17)18/h1-3,7H,4-5H2,(H,17,18). The van der Waals surface area contributed by atoms with E-state index in [4.69, 9.17) is 16.7 Å². The van der Waals surface area contributed by atoms with Crippen LogP contribution < -0.4 is 0 Å². The number of benzene rings is 1. The largest absolute Gasteiger partial charge is 0.465 e. The van der Waals surface area contributed by atoms with Crippen molar-refractivity contribution in [3.8, 4) is 0 Å². The van der Waals surface area contributed by atoms with Crippen molar-refractivity contribution in [1.82, 2.24) is 4.90 Å². The molecule has 1 heterocycles. The van der Waals surface area contributed by atoms with Gasteiger partial charge in [-0.2, -0.15) is 13.2 Å². The highest BCUT2D eigenvalue weighted by Gasteiger charge is 2.35. The maximum atomic E-state index is 12.6. The minimum atomic E-state index is -4.45. The second-order valence-electron chi connectivity index (χ2n) is 4.16. The summed E-state index contributed by atoms with van der Waals surface area (Å²) >= 11 is 5.65. The lowest BCUT2D eigenvalue weighted by Crippen LogP contribution is -2.47. The fourth-order valence-electron chi connectivity index (χ4n) is 1.86. The van der Waals surface area contributed by atoms with Crippen molar-refractivity contribution in [2.75, 3.05) is 13.1 Å². The Bertz CT molecular complexity index is 484. The molecule has 1 aromatic carbocycles. The lowest BCUT2D eigenvalue weighted by atomic mass is 9.90. The van der Waals surface area contributed by atoms with Gasteiger partial charge in [-0.05, 0) is 23.8 Å². The molecule has 0 aliphatic carbocycles. The molecule has 1 saturated heterocycles. The topological polar surface area (TPSA) is 40.5 Å². The Kier molecular flexibility index (Phi) is 3.14. The Labute approximate surface area is 106 Å². The van der Waals surface area contributed by atoms with Crippen molar-refractivity contribution in [2.45, 2.75) is 12.1 Å². The number of carboxylic acid groups (broad SMARTS) is 1. The lowest BCUT2D eigenvalue weighted by Gasteiger charge is -2.37. The number of amides is 1. The summed E-state index contributed by atoms with van der Waals surface area (Å²) in [6, 6.07) is 3.33. The van der Waals surface area contributed by atoms with Crippen molar-refractivity contribution in [3.63, 3.8) is 0 Å². The summed E-state index contributed by atoms with van der Waals surface area (Å²) in [5.74, 6) is -0.221. The molecule has 3 nitrogen and oxygen atoms in total. The van der Waals surface area contributed by atoms with Crippen LogP contribution in [0.2, 0.25) is 5.02 Å². The number of halogens is 4. The van der Waals surface area contributed by atoms with E-state index in [1.165, 1.54) is 6.07 Å². The third kappa shape index (κ3) is 2.53. The maximum Gasteiger partial charge on any atom is 0.416 e. The summed E-state index contributed by atoms with van der Waals surface area (Å²) in [5.41, 5.74) is -0.383. The number of alkyl halides is 3. The first-order chi connectivity index (χ1) is 8.27. The van der Waals surface area contributed by atoms with Gasteiger partial charge in [-0.25, -0.2) is 4.79 Å². The number of likely N-dealkylation sites (tertiary alicyclic amines) is 1. The van der Waals surface area contributed by atoms with Crippen LogP contribution in [0, 0.1) is 0 Å². The number of hydrogen-bond acceptors (Lipinski definition) is 1. The summed E-state index contributed by atoms with van der Waals surface area (Å²) in [5, 5.41) is 8.66. The predicted octanol–water partition coefficient (Wildman–Crippen LogP) is 3.44. The molecule has 0 bridgehead atoms. The monoisotopic (exact) mass is 279 g/mol. The molecule has 1 N–H and O–H groups in total. The summed E-state index contributed by atoms with van der Waals surface area (Å²) in [4.78, 5) is 11.7. The predicted molar refractivity (Wildman–Crippen MR) is 58.8 cm³/mol. The highest BCUT2D eigenvalue weighted by Crippen LogP contribution is 2.35. The van der Waals surface area contributed by atoms with Gasteiger partial charge in [0.15, 0.2) is 0 Å². The Morgan fingerprint density at radius 2 is 1.94 bits per heavy atom. The van der Waals surface area contributed by atoms with E-state index in [9.17, 15) is 18.0 Å². The summed E-state index contributed by atoms with van der Waals surface area (Å²) in [6.45, 7) is 0.403. The first-order valence-corrected chi connectivity index (χ1v) is 5.50. The quantitative estimate of drug-likeness (QED) is 0.855. The number of nitrogens with zero attached hydrogens (tertiary/aromatic N) is 1. The van der Waals surface area contributed by atoms with Gasteiger partial charge in [-0.1, -0.05) is 11.6 Å². The van der Waals surface area contributed by atoms with Crippen LogP contribution in [0.3, 0.4) is 0 Å². The van der Waals surface area contributed by atoms with Crippen LogP contribution >= 0.6 is 11.6 Å². The highest BCUT2D eigenvalue weighted by atomic mass is 35.5. The van der Waals surface area contributed by atoms with E-state index in [1.54, 1.807) is 0 Å². The van der Waals surface area contributed by atoms with Crippen molar-refractivity contribution in [1.29, 1.82) is 0 Å². The first kappa shape index (κ1) is 13.0. The normalized spacial score (nSPS) is 16.6. The molecule has 7 heteroatoms. The molecule has 2 rings (SSSR count). The smallest absolute Gasteiger partial charge is 0.416 e. The fraction of sp³-hybridized carbons (Fsp3) is 0.364. The van der Waals surface area contributed by atoms with E-state index >= 15 is 0 Å². The Morgan fingerprint density at radius 1 is 1.33 bits per heavy atom. The van der Waals surface area contributed by atoms with Gasteiger partial charge in [0.05, 0.1) is 5.56 Å². The number of rotatable bonds is 1. The van der Waals surface area contributed by atoms with Gasteiger partial charge in [0, 0.05) is 24.0 Å². The molecule has 1 aromatic rings. The average Bonchev–Trinajstić information content (AvgIpc) is 2.11. The molecule has 1 aliphatic heterocycles. The zero-order chi connectivity index (χ0) is 13.5. The van der Waals surface area contributed by atoms with Crippen LogP contribution in [0.1, 0.15) is 17.0 Å². The van der Waals surface area contributed by atoms with E-state index in [0.717, 1.165) is 17.0 Å². The number of hydrogen-bond donors (Lipinski definition) is 1. The number of carbonyl (C=O) groups is 1. The minimum absolute atomic E-state index is 0.00796. The van der Waals surface area contributed by atoms with Crippen molar-refractivity contribution in [3.05, 3.63) is 34.3 Å². The van der Waals surface area contributed by atoms with Gasteiger partial charge in [0.1, 0.15) is 0 Å². The highest BCUT2D eigenvalue weighted by molar-refractivity contribution is 6.30. The van der Waals surface area contributed by atoms with E-state index in [2.05, 4.69) is 0 Å². The van der Waals surface area contributed by atoms with Gasteiger partial charge >= 0.3 is 12.3 Å². The molecule has 0 aromatic heterocycles. The zero-order valence-electron chi connectivity index (χ0n) is 9.04. The van der Waals surface area contributed by atoms with Gasteiger partial charge in [-0.3, -0.25) is 0 Å². The molecule has 1 aliphatic rings. The Morgan fingerprint density at radius 3 is 2.44 bits per heavy atom. The van der Waals surface area contributed by atoms with Gasteiger partial charge < -0.3 is 10.0 Å². The second kappa shape index (κ2) is 4.35. The van der Waals surface area contributed by atoms with Crippen LogP contribution in [-0.4, -0.2) is 29.2 Å². The molecule has 98 valence electrons. The van der Waals surface area contributed by atoms with Crippen LogP contribution in [0.25, 0.3) is 0 Å². The molecular weight excluding hydrogens is 271 g/mol. The maximum absolute atomic E-state index is 12.6. The molecule has 1 amide bonds. The van der Waals surface area contributed by atoms with E-state index in [0.29, 0.717) is 5.56 Å². The third-order valence-corrected chi connectivity index (χ3v) is 3.09. The minimum Gasteiger partial charge on any atom is -0.465 e. The average molecular weight is 280 g/mol. The summed E-state index contributed by atoms with van der Waals surface area (Å²) in [6.07, 6.45) is -5.51. The van der Waals surface area contributed by atoms with Crippen LogP contribution in [-0.2, 0) is 6.18 Å². The SMILES string of the molecule is O=C(O)N1CC(c2cc(Cl)cc(C(F)(F)F)c2)C1. The van der Waals surface area contributed by atoms with E-state index in [-0.39, 0.29) is 24.0 Å². The molecule has 0 atom stereocenters. The van der Waals surface area contributed by atoms with Gasteiger partial charge in [-0.15, -0.1) is 0 Å². The lowest BCUT2D eigenvalue weighted by molar-refractivity contribution is -0.137. The second-order valence-corrected chi connectivity index (χ2v) is 4.59. The van der Waals surface area contributed by atoms with Crippen molar-refractivity contribution >= 4 is 17.7 Å². The zero-order valence-corrected chi connectivity index (χ0v) is 9.79. The molecular formula is C11H9ClF3NO2. The van der Waals surface area contributed by atoms with Crippen LogP contribution in [0.15, 0.2) is 18.2 Å². The summed E-state index contributed by atoms with van der Waals surface area (Å²) < 4.78 is 37.7. The van der Waals surface area contributed by atoms with E-state index < -0.39 is 17.8 Å². The molecule has 0 saturated carbocycles. The molecule has 0 radical (unpaired) electrons. The molecule has 0 unspecified atom stereocenters. The Hall–Kier alpha value is -1.43. The van der Waals surface area contributed by atoms with Crippen LogP contribution in [0.5, 0.6) is 0 Å². The fourth-order valence-corrected chi connectivity index (χ4v) is 2.10. The van der Waals surface area contributed by atoms with Crippen LogP contribution in [0.4, 0.5) is 18.0 Å². The summed E-state index contributed by atoms with van der Waals surface area (Å²) in [7, 11) is 0. The third-order valence-electron chi connectivity index (χ3n) is 2.87. The molecule has 0 spiro atoms. The Balaban J connectivity index is 2.20. The van der Waals surface area contributed by atoms with Gasteiger partial charge in [0.25, 0.3) is 0 Å². The van der Waals surface area contributed by atoms with E-state index in [1.807, 2.05) is 0 Å². The molecule has 1 fully saturated rings. The molecule has 18 heavy (non-hydrogen) atoms.